The fraction of sp³-hybridized carbons (Fsp3) is 0.375. The fourth-order valence-corrected chi connectivity index (χ4v) is 4.34. The molecule has 0 aliphatic heterocycles. The van der Waals surface area contributed by atoms with E-state index < -0.39 is 0 Å². The van der Waals surface area contributed by atoms with E-state index in [0.29, 0.717) is 6.04 Å². The minimum atomic E-state index is 0.320. The molecule has 0 bridgehead atoms. The summed E-state index contributed by atoms with van der Waals surface area (Å²) in [6, 6.07) is 9.35. The predicted octanol–water partition coefficient (Wildman–Crippen LogP) is 5.65. The smallest absolute Gasteiger partial charge is 0.178 e. The van der Waals surface area contributed by atoms with Gasteiger partial charge < -0.3 is 4.98 Å². The Hall–Kier alpha value is -2.95. The Bertz CT molecular complexity index is 1180. The maximum Gasteiger partial charge on any atom is 0.178 e. The van der Waals surface area contributed by atoms with Crippen molar-refractivity contribution in [3.8, 4) is 22.5 Å². The number of hydrogen-bond donors (Lipinski definition) is 1. The number of nitrogens with one attached hydrogen (secondary N) is 1. The standard InChI is InChI=1S/C24H27N5/c1-15(2)29-14-21(16(3)28-29)23-26-22-20(11-12-25-24(22)27-23)19-10-9-17-7-5-4-6-8-18(17)13-19/h9-15H,4-8H2,1-3H3,(H,25,26,27). The molecule has 1 aromatic carbocycles. The molecule has 0 amide bonds. The van der Waals surface area contributed by atoms with E-state index in [9.17, 15) is 0 Å². The Morgan fingerprint density at radius 2 is 1.83 bits per heavy atom. The van der Waals surface area contributed by atoms with Gasteiger partial charge in [-0.05, 0) is 69.2 Å². The van der Waals surface area contributed by atoms with E-state index in [2.05, 4.69) is 59.4 Å². The second kappa shape index (κ2) is 7.14. The number of hydrogen-bond acceptors (Lipinski definition) is 3. The lowest BCUT2D eigenvalue weighted by molar-refractivity contribution is 0.529. The van der Waals surface area contributed by atoms with Crippen LogP contribution in [0, 0.1) is 6.92 Å². The lowest BCUT2D eigenvalue weighted by Gasteiger charge is -2.09. The van der Waals surface area contributed by atoms with E-state index in [1.165, 1.54) is 48.8 Å². The molecule has 3 aromatic heterocycles. The third kappa shape index (κ3) is 3.24. The normalized spacial score (nSPS) is 14.3. The van der Waals surface area contributed by atoms with Gasteiger partial charge >= 0.3 is 0 Å². The Morgan fingerprint density at radius 1 is 1.00 bits per heavy atom. The van der Waals surface area contributed by atoms with Crippen LogP contribution in [0.2, 0.25) is 0 Å². The topological polar surface area (TPSA) is 59.4 Å². The summed E-state index contributed by atoms with van der Waals surface area (Å²) in [5.74, 6) is 0.833. The molecule has 1 N–H and O–H groups in total. The van der Waals surface area contributed by atoms with Crippen LogP contribution in [0.1, 0.15) is 56.0 Å². The number of imidazole rings is 1. The first-order valence-electron chi connectivity index (χ1n) is 10.6. The Balaban J connectivity index is 1.61. The van der Waals surface area contributed by atoms with Gasteiger partial charge in [-0.3, -0.25) is 4.68 Å². The molecule has 0 unspecified atom stereocenters. The number of aromatic nitrogens is 5. The highest BCUT2D eigenvalue weighted by Crippen LogP contribution is 2.32. The zero-order chi connectivity index (χ0) is 20.0. The summed E-state index contributed by atoms with van der Waals surface area (Å²) in [5.41, 5.74) is 9.17. The van der Waals surface area contributed by atoms with Crippen molar-refractivity contribution in [3.63, 3.8) is 0 Å². The molecule has 5 rings (SSSR count). The van der Waals surface area contributed by atoms with Crippen molar-refractivity contribution in [1.29, 1.82) is 0 Å². The third-order valence-electron chi connectivity index (χ3n) is 6.00. The number of pyridine rings is 1. The van der Waals surface area contributed by atoms with Gasteiger partial charge in [-0.25, -0.2) is 9.97 Å². The number of nitrogens with zero attached hydrogens (tertiary/aromatic N) is 4. The van der Waals surface area contributed by atoms with Crippen LogP contribution in [-0.2, 0) is 12.8 Å². The zero-order valence-electron chi connectivity index (χ0n) is 17.4. The summed E-state index contributed by atoms with van der Waals surface area (Å²) < 4.78 is 1.98. The minimum absolute atomic E-state index is 0.320. The van der Waals surface area contributed by atoms with Crippen molar-refractivity contribution in [2.24, 2.45) is 0 Å². The lowest BCUT2D eigenvalue weighted by Crippen LogP contribution is -2.00. The van der Waals surface area contributed by atoms with Gasteiger partial charge in [0.15, 0.2) is 5.65 Å². The van der Waals surface area contributed by atoms with Crippen molar-refractivity contribution >= 4 is 11.2 Å². The highest BCUT2D eigenvalue weighted by molar-refractivity contribution is 5.91. The van der Waals surface area contributed by atoms with E-state index in [4.69, 9.17) is 4.98 Å². The quantitative estimate of drug-likeness (QED) is 0.464. The first-order valence-corrected chi connectivity index (χ1v) is 10.6. The van der Waals surface area contributed by atoms with Crippen LogP contribution in [-0.4, -0.2) is 24.7 Å². The van der Waals surface area contributed by atoms with E-state index in [1.54, 1.807) is 0 Å². The number of aryl methyl sites for hydroxylation is 3. The van der Waals surface area contributed by atoms with E-state index in [-0.39, 0.29) is 0 Å². The fourth-order valence-electron chi connectivity index (χ4n) is 4.34. The van der Waals surface area contributed by atoms with Crippen molar-refractivity contribution in [1.82, 2.24) is 24.7 Å². The van der Waals surface area contributed by atoms with Crippen molar-refractivity contribution < 1.29 is 0 Å². The van der Waals surface area contributed by atoms with E-state index in [1.807, 2.05) is 17.8 Å². The average Bonchev–Trinajstić information content (AvgIpc) is 3.23. The average molecular weight is 386 g/mol. The van der Waals surface area contributed by atoms with Gasteiger partial charge in [0.2, 0.25) is 0 Å². The van der Waals surface area contributed by atoms with Gasteiger partial charge in [-0.15, -0.1) is 0 Å². The number of aromatic amines is 1. The molecule has 0 spiro atoms. The first kappa shape index (κ1) is 18.1. The molecule has 4 aromatic rings. The zero-order valence-corrected chi connectivity index (χ0v) is 17.4. The molecule has 0 radical (unpaired) electrons. The summed E-state index contributed by atoms with van der Waals surface area (Å²) in [7, 11) is 0. The largest absolute Gasteiger partial charge is 0.336 e. The van der Waals surface area contributed by atoms with Gasteiger partial charge in [0.1, 0.15) is 5.82 Å². The first-order chi connectivity index (χ1) is 14.1. The van der Waals surface area contributed by atoms with Crippen LogP contribution in [0.15, 0.2) is 36.7 Å². The maximum atomic E-state index is 4.79. The summed E-state index contributed by atoms with van der Waals surface area (Å²) >= 11 is 0. The molecule has 5 heteroatoms. The van der Waals surface area contributed by atoms with Gasteiger partial charge in [0, 0.05) is 24.0 Å². The Morgan fingerprint density at radius 3 is 2.62 bits per heavy atom. The molecule has 0 saturated carbocycles. The monoisotopic (exact) mass is 385 g/mol. The molecule has 29 heavy (non-hydrogen) atoms. The molecule has 148 valence electrons. The van der Waals surface area contributed by atoms with Crippen LogP contribution in [0.3, 0.4) is 0 Å². The lowest BCUT2D eigenvalue weighted by atomic mass is 9.96. The van der Waals surface area contributed by atoms with Crippen LogP contribution in [0.5, 0.6) is 0 Å². The third-order valence-corrected chi connectivity index (χ3v) is 6.00. The Labute approximate surface area is 171 Å². The van der Waals surface area contributed by atoms with Gasteiger partial charge in [-0.2, -0.15) is 5.10 Å². The number of H-pyrrole nitrogens is 1. The summed E-state index contributed by atoms with van der Waals surface area (Å²) in [4.78, 5) is 12.8. The van der Waals surface area contributed by atoms with E-state index >= 15 is 0 Å². The molecule has 0 saturated heterocycles. The molecule has 1 aliphatic rings. The molecule has 3 heterocycles. The molecule has 5 nitrogen and oxygen atoms in total. The van der Waals surface area contributed by atoms with Crippen LogP contribution in [0.25, 0.3) is 33.7 Å². The number of fused-ring (bicyclic) bond motifs is 2. The van der Waals surface area contributed by atoms with Gasteiger partial charge in [0.25, 0.3) is 0 Å². The summed E-state index contributed by atoms with van der Waals surface area (Å²) in [6.45, 7) is 6.29. The SMILES string of the molecule is Cc1nn(C(C)C)cc1-c1nc2nccc(-c3ccc4c(c3)CCCCC4)c2[nH]1. The van der Waals surface area contributed by atoms with Gasteiger partial charge in [-0.1, -0.05) is 24.6 Å². The molecule has 1 aliphatic carbocycles. The molecule has 0 atom stereocenters. The van der Waals surface area contributed by atoms with Crippen LogP contribution < -0.4 is 0 Å². The second-order valence-corrected chi connectivity index (χ2v) is 8.39. The molecular formula is C24H27N5. The van der Waals surface area contributed by atoms with Crippen LogP contribution in [0.4, 0.5) is 0 Å². The second-order valence-electron chi connectivity index (χ2n) is 8.39. The number of rotatable bonds is 3. The van der Waals surface area contributed by atoms with Crippen LogP contribution >= 0.6 is 0 Å². The van der Waals surface area contributed by atoms with Crippen molar-refractivity contribution in [2.45, 2.75) is 58.9 Å². The Kier molecular flexibility index (Phi) is 4.46. The van der Waals surface area contributed by atoms with E-state index in [0.717, 1.165) is 33.8 Å². The minimum Gasteiger partial charge on any atom is -0.336 e. The maximum absolute atomic E-state index is 4.79. The highest BCUT2D eigenvalue weighted by atomic mass is 15.3. The summed E-state index contributed by atoms with van der Waals surface area (Å²) in [6.07, 6.45) is 10.2. The predicted molar refractivity (Wildman–Crippen MR) is 117 cm³/mol. The molecule has 0 fully saturated rings. The van der Waals surface area contributed by atoms with Gasteiger partial charge in [0.05, 0.1) is 16.8 Å². The van der Waals surface area contributed by atoms with Crippen molar-refractivity contribution in [3.05, 3.63) is 53.5 Å². The van der Waals surface area contributed by atoms with Crippen molar-refractivity contribution in [2.75, 3.05) is 0 Å². The number of benzene rings is 1. The molecular weight excluding hydrogens is 358 g/mol. The highest BCUT2D eigenvalue weighted by Gasteiger charge is 2.17. The summed E-state index contributed by atoms with van der Waals surface area (Å²) in [5, 5.41) is 4.63.